The smallest absolute Gasteiger partial charge is 0.151 e. The molecule has 76 valence electrons. The van der Waals surface area contributed by atoms with Crippen LogP contribution in [0.2, 0.25) is 0 Å². The topological polar surface area (TPSA) is 41.9 Å². The molecule has 2 aromatic rings. The van der Waals surface area contributed by atoms with Crippen LogP contribution in [0.3, 0.4) is 0 Å². The van der Waals surface area contributed by atoms with Crippen molar-refractivity contribution < 1.29 is 0 Å². The number of hydrogen-bond acceptors (Lipinski definition) is 4. The number of anilines is 1. The SMILES string of the molecule is CN(Cc1cccnc1)c1cccnn1. The second-order valence-corrected chi connectivity index (χ2v) is 3.30. The Hall–Kier alpha value is -1.97. The fraction of sp³-hybridized carbons (Fsp3) is 0.182. The highest BCUT2D eigenvalue weighted by Crippen LogP contribution is 2.09. The Labute approximate surface area is 88.6 Å². The lowest BCUT2D eigenvalue weighted by atomic mass is 10.3. The molecule has 2 rings (SSSR count). The molecule has 0 aliphatic heterocycles. The molecule has 0 fully saturated rings. The van der Waals surface area contributed by atoms with Crippen LogP contribution in [0.4, 0.5) is 5.82 Å². The number of nitrogens with zero attached hydrogens (tertiary/aromatic N) is 4. The minimum absolute atomic E-state index is 0.784. The third-order valence-electron chi connectivity index (χ3n) is 2.09. The number of aromatic nitrogens is 3. The van der Waals surface area contributed by atoms with E-state index in [0.29, 0.717) is 0 Å². The van der Waals surface area contributed by atoms with Crippen LogP contribution in [0.15, 0.2) is 42.9 Å². The molecule has 0 spiro atoms. The van der Waals surface area contributed by atoms with Crippen molar-refractivity contribution in [2.75, 3.05) is 11.9 Å². The van der Waals surface area contributed by atoms with E-state index in [1.165, 1.54) is 0 Å². The van der Waals surface area contributed by atoms with Crippen LogP contribution >= 0.6 is 0 Å². The summed E-state index contributed by atoms with van der Waals surface area (Å²) in [5.74, 6) is 0.862. The van der Waals surface area contributed by atoms with E-state index >= 15 is 0 Å². The van der Waals surface area contributed by atoms with Gasteiger partial charge in [-0.05, 0) is 23.8 Å². The van der Waals surface area contributed by atoms with Crippen molar-refractivity contribution >= 4 is 5.82 Å². The maximum Gasteiger partial charge on any atom is 0.151 e. The van der Waals surface area contributed by atoms with Gasteiger partial charge in [-0.1, -0.05) is 6.07 Å². The molecule has 0 aliphatic rings. The molecule has 0 unspecified atom stereocenters. The van der Waals surface area contributed by atoms with Gasteiger partial charge in [-0.2, -0.15) is 5.10 Å². The predicted molar refractivity (Wildman–Crippen MR) is 58.4 cm³/mol. The molecule has 0 N–H and O–H groups in total. The molecule has 15 heavy (non-hydrogen) atoms. The molecule has 0 saturated heterocycles. The molecule has 2 heterocycles. The molecule has 4 nitrogen and oxygen atoms in total. The van der Waals surface area contributed by atoms with Crippen molar-refractivity contribution in [3.63, 3.8) is 0 Å². The average molecular weight is 200 g/mol. The first kappa shape index (κ1) is 9.58. The van der Waals surface area contributed by atoms with E-state index in [-0.39, 0.29) is 0 Å². The lowest BCUT2D eigenvalue weighted by molar-refractivity contribution is 0.862. The third kappa shape index (κ3) is 2.49. The maximum absolute atomic E-state index is 4.07. The summed E-state index contributed by atoms with van der Waals surface area (Å²) in [6.45, 7) is 0.784. The maximum atomic E-state index is 4.07. The summed E-state index contributed by atoms with van der Waals surface area (Å²) < 4.78 is 0. The van der Waals surface area contributed by atoms with Gasteiger partial charge >= 0.3 is 0 Å². The standard InChI is InChI=1S/C11H12N4/c1-15(11-5-3-7-13-14-11)9-10-4-2-6-12-8-10/h2-8H,9H2,1H3. The van der Waals surface area contributed by atoms with Crippen LogP contribution < -0.4 is 4.90 Å². The van der Waals surface area contributed by atoms with Crippen molar-refractivity contribution in [2.45, 2.75) is 6.54 Å². The molecule has 4 heteroatoms. The Morgan fingerprint density at radius 1 is 1.20 bits per heavy atom. The van der Waals surface area contributed by atoms with Gasteiger partial charge in [0.05, 0.1) is 0 Å². The highest BCUT2D eigenvalue weighted by molar-refractivity contribution is 5.36. The summed E-state index contributed by atoms with van der Waals surface area (Å²) in [6, 6.07) is 7.78. The lowest BCUT2D eigenvalue weighted by Gasteiger charge is -2.16. The van der Waals surface area contributed by atoms with Crippen LogP contribution in [0.5, 0.6) is 0 Å². The predicted octanol–water partition coefficient (Wildman–Crippen LogP) is 1.51. The third-order valence-corrected chi connectivity index (χ3v) is 2.09. The van der Waals surface area contributed by atoms with Gasteiger partial charge in [-0.15, -0.1) is 5.10 Å². The summed E-state index contributed by atoms with van der Waals surface area (Å²) in [5, 5.41) is 7.87. The normalized spacial score (nSPS) is 9.93. The van der Waals surface area contributed by atoms with E-state index in [0.717, 1.165) is 17.9 Å². The molecule has 0 radical (unpaired) electrons. The fourth-order valence-electron chi connectivity index (χ4n) is 1.34. The van der Waals surface area contributed by atoms with E-state index < -0.39 is 0 Å². The van der Waals surface area contributed by atoms with Crippen LogP contribution in [0, 0.1) is 0 Å². The van der Waals surface area contributed by atoms with E-state index in [2.05, 4.69) is 15.2 Å². The van der Waals surface area contributed by atoms with Gasteiger partial charge in [0.25, 0.3) is 0 Å². The summed E-state index contributed by atoms with van der Waals surface area (Å²) in [7, 11) is 1.98. The molecule has 0 aromatic carbocycles. The largest absolute Gasteiger partial charge is 0.354 e. The van der Waals surface area contributed by atoms with E-state index in [1.54, 1.807) is 12.4 Å². The zero-order chi connectivity index (χ0) is 10.5. The van der Waals surface area contributed by atoms with Crippen molar-refractivity contribution in [1.82, 2.24) is 15.2 Å². The first-order chi connectivity index (χ1) is 7.36. The van der Waals surface area contributed by atoms with Crippen molar-refractivity contribution in [3.8, 4) is 0 Å². The van der Waals surface area contributed by atoms with E-state index in [9.17, 15) is 0 Å². The number of hydrogen-bond donors (Lipinski definition) is 0. The summed E-state index contributed by atoms with van der Waals surface area (Å²) in [6.07, 6.45) is 5.29. The second kappa shape index (κ2) is 4.50. The van der Waals surface area contributed by atoms with Crippen molar-refractivity contribution in [3.05, 3.63) is 48.4 Å². The average Bonchev–Trinajstić information content (AvgIpc) is 2.31. The molecule has 0 aliphatic carbocycles. The Kier molecular flexibility index (Phi) is 2.88. The van der Waals surface area contributed by atoms with Gasteiger partial charge in [0, 0.05) is 32.2 Å². The first-order valence-corrected chi connectivity index (χ1v) is 4.74. The quantitative estimate of drug-likeness (QED) is 0.753. The molecule has 0 saturated carbocycles. The van der Waals surface area contributed by atoms with Gasteiger partial charge in [0.15, 0.2) is 5.82 Å². The molecule has 0 atom stereocenters. The summed E-state index contributed by atoms with van der Waals surface area (Å²) >= 11 is 0. The molecular formula is C11H12N4. The second-order valence-electron chi connectivity index (χ2n) is 3.30. The first-order valence-electron chi connectivity index (χ1n) is 4.74. The van der Waals surface area contributed by atoms with E-state index in [4.69, 9.17) is 0 Å². The van der Waals surface area contributed by atoms with Crippen LogP contribution in [-0.2, 0) is 6.54 Å². The Morgan fingerprint density at radius 2 is 2.07 bits per heavy atom. The zero-order valence-corrected chi connectivity index (χ0v) is 8.54. The molecule has 0 bridgehead atoms. The van der Waals surface area contributed by atoms with Crippen molar-refractivity contribution in [2.24, 2.45) is 0 Å². The van der Waals surface area contributed by atoms with Gasteiger partial charge in [0.1, 0.15) is 0 Å². The Morgan fingerprint density at radius 3 is 2.73 bits per heavy atom. The Bertz CT molecular complexity index is 401. The van der Waals surface area contributed by atoms with Gasteiger partial charge in [-0.3, -0.25) is 4.98 Å². The van der Waals surface area contributed by atoms with Gasteiger partial charge in [-0.25, -0.2) is 0 Å². The number of rotatable bonds is 3. The zero-order valence-electron chi connectivity index (χ0n) is 8.54. The van der Waals surface area contributed by atoms with Crippen molar-refractivity contribution in [1.29, 1.82) is 0 Å². The highest BCUT2D eigenvalue weighted by atomic mass is 15.2. The molecule has 0 amide bonds. The summed E-state index contributed by atoms with van der Waals surface area (Å²) in [4.78, 5) is 6.10. The number of pyridine rings is 1. The minimum Gasteiger partial charge on any atom is -0.354 e. The fourth-order valence-corrected chi connectivity index (χ4v) is 1.34. The molecule has 2 aromatic heterocycles. The highest BCUT2D eigenvalue weighted by Gasteiger charge is 2.02. The van der Waals surface area contributed by atoms with Gasteiger partial charge in [0.2, 0.25) is 0 Å². The van der Waals surface area contributed by atoms with Crippen LogP contribution in [0.25, 0.3) is 0 Å². The van der Waals surface area contributed by atoms with Gasteiger partial charge < -0.3 is 4.90 Å². The summed E-state index contributed by atoms with van der Waals surface area (Å²) in [5.41, 5.74) is 1.16. The van der Waals surface area contributed by atoms with E-state index in [1.807, 2.05) is 42.4 Å². The van der Waals surface area contributed by atoms with Crippen LogP contribution in [-0.4, -0.2) is 22.2 Å². The molecular weight excluding hydrogens is 188 g/mol. The lowest BCUT2D eigenvalue weighted by Crippen LogP contribution is -2.17. The Balaban J connectivity index is 2.08. The monoisotopic (exact) mass is 200 g/mol. The van der Waals surface area contributed by atoms with Crippen LogP contribution in [0.1, 0.15) is 5.56 Å². The minimum atomic E-state index is 0.784.